The van der Waals surface area contributed by atoms with E-state index < -0.39 is 0 Å². The highest BCUT2D eigenvalue weighted by Crippen LogP contribution is 2.19. The Balaban J connectivity index is 1.87. The molecular formula is C15H18N2O2S. The quantitative estimate of drug-likeness (QED) is 0.852. The Bertz CT molecular complexity index is 688. The molecule has 4 nitrogen and oxygen atoms in total. The molecule has 1 aliphatic heterocycles. The van der Waals surface area contributed by atoms with Gasteiger partial charge >= 0.3 is 4.87 Å². The zero-order valence-corrected chi connectivity index (χ0v) is 12.4. The van der Waals surface area contributed by atoms with Crippen molar-refractivity contribution in [2.45, 2.75) is 38.8 Å². The van der Waals surface area contributed by atoms with E-state index in [-0.39, 0.29) is 23.4 Å². The van der Waals surface area contributed by atoms with Gasteiger partial charge in [0.2, 0.25) is 5.91 Å². The van der Waals surface area contributed by atoms with Gasteiger partial charge in [-0.05, 0) is 38.3 Å². The summed E-state index contributed by atoms with van der Waals surface area (Å²) in [5, 5.41) is 0. The van der Waals surface area contributed by atoms with Crippen LogP contribution in [-0.4, -0.2) is 28.0 Å². The number of benzene rings is 1. The molecule has 0 spiro atoms. The predicted octanol–water partition coefficient (Wildman–Crippen LogP) is 2.46. The summed E-state index contributed by atoms with van der Waals surface area (Å²) in [6.45, 7) is 3.07. The van der Waals surface area contributed by atoms with Crippen LogP contribution in [0.25, 0.3) is 10.2 Å². The first-order chi connectivity index (χ1) is 9.66. The smallest absolute Gasteiger partial charge is 0.308 e. The second-order valence-corrected chi connectivity index (χ2v) is 6.35. The first-order valence-corrected chi connectivity index (χ1v) is 7.86. The van der Waals surface area contributed by atoms with Crippen molar-refractivity contribution < 1.29 is 4.79 Å². The van der Waals surface area contributed by atoms with Crippen LogP contribution in [0.4, 0.5) is 0 Å². The fourth-order valence-corrected chi connectivity index (χ4v) is 3.75. The Kier molecular flexibility index (Phi) is 3.61. The SMILES string of the molecule is CC1CCCCN1C(=O)Cn1c(=O)sc2ccccc21. The summed E-state index contributed by atoms with van der Waals surface area (Å²) in [6.07, 6.45) is 3.31. The fraction of sp³-hybridized carbons (Fsp3) is 0.467. The molecule has 1 atom stereocenters. The number of para-hydroxylation sites is 1. The van der Waals surface area contributed by atoms with Crippen molar-refractivity contribution in [2.24, 2.45) is 0 Å². The molecular weight excluding hydrogens is 272 g/mol. The molecule has 0 radical (unpaired) electrons. The predicted molar refractivity (Wildman–Crippen MR) is 81.1 cm³/mol. The van der Waals surface area contributed by atoms with Crippen molar-refractivity contribution in [1.82, 2.24) is 9.47 Å². The van der Waals surface area contributed by atoms with E-state index in [9.17, 15) is 9.59 Å². The highest BCUT2D eigenvalue weighted by atomic mass is 32.1. The molecule has 0 N–H and O–H groups in total. The monoisotopic (exact) mass is 290 g/mol. The maximum Gasteiger partial charge on any atom is 0.308 e. The second-order valence-electron chi connectivity index (χ2n) is 5.35. The van der Waals surface area contributed by atoms with E-state index in [0.717, 1.165) is 29.6 Å². The normalized spacial score (nSPS) is 19.4. The van der Waals surface area contributed by atoms with Gasteiger partial charge in [0, 0.05) is 12.6 Å². The van der Waals surface area contributed by atoms with Crippen molar-refractivity contribution in [1.29, 1.82) is 0 Å². The summed E-state index contributed by atoms with van der Waals surface area (Å²) >= 11 is 1.20. The zero-order valence-electron chi connectivity index (χ0n) is 11.5. The molecule has 1 fully saturated rings. The number of hydrogen-bond acceptors (Lipinski definition) is 3. The summed E-state index contributed by atoms with van der Waals surface area (Å²) in [7, 11) is 0. The molecule has 5 heteroatoms. The van der Waals surface area contributed by atoms with Crippen LogP contribution in [0.2, 0.25) is 0 Å². The van der Waals surface area contributed by atoms with Gasteiger partial charge in [-0.3, -0.25) is 14.2 Å². The molecule has 1 saturated heterocycles. The molecule has 2 heterocycles. The third-order valence-corrected chi connectivity index (χ3v) is 4.95. The van der Waals surface area contributed by atoms with E-state index in [1.807, 2.05) is 29.2 Å². The van der Waals surface area contributed by atoms with Gasteiger partial charge in [-0.15, -0.1) is 0 Å². The van der Waals surface area contributed by atoms with Crippen molar-refractivity contribution in [3.8, 4) is 0 Å². The van der Waals surface area contributed by atoms with E-state index in [1.54, 1.807) is 4.57 Å². The molecule has 20 heavy (non-hydrogen) atoms. The van der Waals surface area contributed by atoms with Crippen LogP contribution in [0, 0.1) is 0 Å². The van der Waals surface area contributed by atoms with E-state index in [2.05, 4.69) is 6.92 Å². The van der Waals surface area contributed by atoms with Gasteiger partial charge < -0.3 is 4.90 Å². The number of carbonyl (C=O) groups is 1. The maximum absolute atomic E-state index is 12.4. The van der Waals surface area contributed by atoms with E-state index in [4.69, 9.17) is 0 Å². The second kappa shape index (κ2) is 5.40. The number of rotatable bonds is 2. The first-order valence-electron chi connectivity index (χ1n) is 7.04. The van der Waals surface area contributed by atoms with Gasteiger partial charge in [0.05, 0.1) is 10.2 Å². The minimum absolute atomic E-state index is 0.0517. The number of thiazole rings is 1. The van der Waals surface area contributed by atoms with Crippen LogP contribution in [0.5, 0.6) is 0 Å². The summed E-state index contributed by atoms with van der Waals surface area (Å²) in [5.74, 6) is 0.0582. The van der Waals surface area contributed by atoms with Gasteiger partial charge in [0.25, 0.3) is 0 Å². The van der Waals surface area contributed by atoms with Crippen LogP contribution in [-0.2, 0) is 11.3 Å². The number of carbonyl (C=O) groups excluding carboxylic acids is 1. The van der Waals surface area contributed by atoms with Crippen molar-refractivity contribution in [2.75, 3.05) is 6.54 Å². The maximum atomic E-state index is 12.4. The lowest BCUT2D eigenvalue weighted by Crippen LogP contribution is -2.44. The Morgan fingerprint density at radius 1 is 1.35 bits per heavy atom. The Morgan fingerprint density at radius 2 is 2.15 bits per heavy atom. The number of nitrogens with zero attached hydrogens (tertiary/aromatic N) is 2. The third-order valence-electron chi connectivity index (χ3n) is 3.99. The molecule has 0 saturated carbocycles. The molecule has 1 amide bonds. The van der Waals surface area contributed by atoms with Crippen molar-refractivity contribution in [3.63, 3.8) is 0 Å². The van der Waals surface area contributed by atoms with E-state index in [0.29, 0.717) is 0 Å². The van der Waals surface area contributed by atoms with Crippen LogP contribution in [0.1, 0.15) is 26.2 Å². The van der Waals surface area contributed by atoms with Crippen LogP contribution in [0.3, 0.4) is 0 Å². The number of amides is 1. The Labute approximate surface area is 121 Å². The van der Waals surface area contributed by atoms with E-state index >= 15 is 0 Å². The minimum atomic E-state index is -0.0517. The van der Waals surface area contributed by atoms with Crippen molar-refractivity contribution in [3.05, 3.63) is 33.9 Å². The molecule has 0 bridgehead atoms. The highest BCUT2D eigenvalue weighted by molar-refractivity contribution is 7.16. The van der Waals surface area contributed by atoms with E-state index in [1.165, 1.54) is 17.8 Å². The summed E-state index contributed by atoms with van der Waals surface area (Å²) in [4.78, 5) is 26.4. The van der Waals surface area contributed by atoms with Gasteiger partial charge in [-0.25, -0.2) is 0 Å². The lowest BCUT2D eigenvalue weighted by Gasteiger charge is -2.33. The van der Waals surface area contributed by atoms with Gasteiger partial charge in [0.15, 0.2) is 0 Å². The van der Waals surface area contributed by atoms with Gasteiger partial charge in [-0.2, -0.15) is 0 Å². The lowest BCUT2D eigenvalue weighted by molar-refractivity contribution is -0.135. The molecule has 106 valence electrons. The summed E-state index contributed by atoms with van der Waals surface area (Å²) in [6, 6.07) is 7.93. The molecule has 1 unspecified atom stereocenters. The third kappa shape index (κ3) is 2.38. The van der Waals surface area contributed by atoms with Crippen molar-refractivity contribution >= 4 is 27.5 Å². The molecule has 1 aliphatic rings. The molecule has 0 aliphatic carbocycles. The molecule has 3 rings (SSSR count). The average molecular weight is 290 g/mol. The topological polar surface area (TPSA) is 42.3 Å². The summed E-state index contributed by atoms with van der Waals surface area (Å²) in [5.41, 5.74) is 0.862. The number of piperidine rings is 1. The highest BCUT2D eigenvalue weighted by Gasteiger charge is 2.24. The zero-order chi connectivity index (χ0) is 14.1. The standard InChI is InChI=1S/C15H18N2O2S/c1-11-6-4-5-9-16(11)14(18)10-17-12-7-2-3-8-13(12)20-15(17)19/h2-3,7-8,11H,4-6,9-10H2,1H3. The first kappa shape index (κ1) is 13.4. The number of fused-ring (bicyclic) bond motifs is 1. The summed E-state index contributed by atoms with van der Waals surface area (Å²) < 4.78 is 2.54. The number of hydrogen-bond donors (Lipinski definition) is 0. The number of aromatic nitrogens is 1. The van der Waals surface area contributed by atoms with Crippen LogP contribution in [0.15, 0.2) is 29.1 Å². The number of likely N-dealkylation sites (tertiary alicyclic amines) is 1. The average Bonchev–Trinajstić information content (AvgIpc) is 2.76. The molecule has 1 aromatic carbocycles. The fourth-order valence-electron chi connectivity index (χ4n) is 2.86. The van der Waals surface area contributed by atoms with Crippen LogP contribution >= 0.6 is 11.3 Å². The largest absolute Gasteiger partial charge is 0.338 e. The molecule has 1 aromatic heterocycles. The Hall–Kier alpha value is -1.62. The minimum Gasteiger partial charge on any atom is -0.338 e. The lowest BCUT2D eigenvalue weighted by atomic mass is 10.0. The molecule has 2 aromatic rings. The van der Waals surface area contributed by atoms with Gasteiger partial charge in [0.1, 0.15) is 6.54 Å². The van der Waals surface area contributed by atoms with Crippen LogP contribution < -0.4 is 4.87 Å². The Morgan fingerprint density at radius 3 is 2.95 bits per heavy atom. The van der Waals surface area contributed by atoms with Gasteiger partial charge in [-0.1, -0.05) is 23.5 Å².